The fourth-order valence-corrected chi connectivity index (χ4v) is 2.59. The molecule has 4 heteroatoms. The molecule has 0 saturated carbocycles. The van der Waals surface area contributed by atoms with Crippen molar-refractivity contribution in [1.29, 1.82) is 0 Å². The van der Waals surface area contributed by atoms with Gasteiger partial charge in [0.2, 0.25) is 5.91 Å². The van der Waals surface area contributed by atoms with E-state index < -0.39 is 0 Å². The summed E-state index contributed by atoms with van der Waals surface area (Å²) in [5, 5.41) is 7.34. The van der Waals surface area contributed by atoms with Crippen LogP contribution in [0.4, 0.5) is 5.69 Å². The van der Waals surface area contributed by atoms with Crippen molar-refractivity contribution in [3.63, 3.8) is 0 Å². The highest BCUT2D eigenvalue weighted by atomic mass is 16.1. The van der Waals surface area contributed by atoms with E-state index in [9.17, 15) is 4.79 Å². The van der Waals surface area contributed by atoms with Crippen molar-refractivity contribution in [3.05, 3.63) is 46.8 Å². The molecule has 118 valence electrons. The maximum Gasteiger partial charge on any atom is 0.224 e. The lowest BCUT2D eigenvalue weighted by Crippen LogP contribution is -2.12. The van der Waals surface area contributed by atoms with Gasteiger partial charge in [-0.05, 0) is 49.4 Å². The van der Waals surface area contributed by atoms with Crippen molar-refractivity contribution in [2.24, 2.45) is 7.05 Å². The van der Waals surface area contributed by atoms with Gasteiger partial charge in [0.1, 0.15) is 0 Å². The lowest BCUT2D eigenvalue weighted by atomic mass is 10.0. The number of hydrogen-bond acceptors (Lipinski definition) is 2. The summed E-state index contributed by atoms with van der Waals surface area (Å²) < 4.78 is 1.87. The first kappa shape index (κ1) is 16.3. The highest BCUT2D eigenvalue weighted by molar-refractivity contribution is 5.90. The summed E-state index contributed by atoms with van der Waals surface area (Å²) in [6.45, 7) is 8.35. The zero-order valence-corrected chi connectivity index (χ0v) is 14.1. The largest absolute Gasteiger partial charge is 0.326 e. The molecule has 0 aliphatic heterocycles. The average Bonchev–Trinajstić information content (AvgIpc) is 2.70. The Morgan fingerprint density at radius 1 is 1.23 bits per heavy atom. The molecule has 4 nitrogen and oxygen atoms in total. The van der Waals surface area contributed by atoms with Crippen molar-refractivity contribution in [2.75, 3.05) is 5.32 Å². The molecule has 0 spiro atoms. The van der Waals surface area contributed by atoms with Crippen molar-refractivity contribution < 1.29 is 4.79 Å². The van der Waals surface area contributed by atoms with E-state index in [-0.39, 0.29) is 5.91 Å². The average molecular weight is 299 g/mol. The summed E-state index contributed by atoms with van der Waals surface area (Å²) in [7, 11) is 1.93. The van der Waals surface area contributed by atoms with Crippen LogP contribution in [-0.2, 0) is 18.3 Å². The monoisotopic (exact) mass is 299 g/mol. The zero-order valence-electron chi connectivity index (χ0n) is 14.1. The third kappa shape index (κ3) is 3.75. The minimum Gasteiger partial charge on any atom is -0.326 e. The third-order valence-electron chi connectivity index (χ3n) is 4.12. The molecule has 0 aliphatic carbocycles. The van der Waals surface area contributed by atoms with Crippen LogP contribution < -0.4 is 5.32 Å². The maximum absolute atomic E-state index is 12.1. The van der Waals surface area contributed by atoms with E-state index in [1.165, 1.54) is 11.1 Å². The van der Waals surface area contributed by atoms with E-state index in [1.807, 2.05) is 37.7 Å². The SMILES string of the molecule is Cc1nn(C)c(C)c1CCC(=O)Nc1ccc(C(C)C)cc1. The summed E-state index contributed by atoms with van der Waals surface area (Å²) >= 11 is 0. The summed E-state index contributed by atoms with van der Waals surface area (Å²) in [6.07, 6.45) is 1.20. The predicted molar refractivity (Wildman–Crippen MR) is 90.2 cm³/mol. The number of amides is 1. The predicted octanol–water partition coefficient (Wildman–Crippen LogP) is 3.73. The zero-order chi connectivity index (χ0) is 16.3. The Labute approximate surface area is 132 Å². The van der Waals surface area contributed by atoms with E-state index in [0.29, 0.717) is 12.3 Å². The Kier molecular flexibility index (Phi) is 5.01. The molecule has 0 atom stereocenters. The molecule has 1 N–H and O–H groups in total. The Balaban J connectivity index is 1.93. The second-order valence-electron chi connectivity index (χ2n) is 6.10. The van der Waals surface area contributed by atoms with E-state index in [2.05, 4.69) is 36.4 Å². The van der Waals surface area contributed by atoms with Gasteiger partial charge < -0.3 is 5.32 Å². The van der Waals surface area contributed by atoms with Gasteiger partial charge >= 0.3 is 0 Å². The minimum atomic E-state index is 0.0416. The number of benzene rings is 1. The number of aryl methyl sites for hydroxylation is 2. The Bertz CT molecular complexity index is 654. The molecule has 0 fully saturated rings. The molecule has 0 aliphatic rings. The first-order valence-electron chi connectivity index (χ1n) is 7.77. The van der Waals surface area contributed by atoms with Crippen LogP contribution in [-0.4, -0.2) is 15.7 Å². The Morgan fingerprint density at radius 3 is 2.36 bits per heavy atom. The van der Waals surface area contributed by atoms with Gasteiger partial charge in [-0.2, -0.15) is 5.10 Å². The highest BCUT2D eigenvalue weighted by Crippen LogP contribution is 2.18. The first-order valence-corrected chi connectivity index (χ1v) is 7.77. The number of carbonyl (C=O) groups is 1. The first-order chi connectivity index (χ1) is 10.4. The molecule has 0 unspecified atom stereocenters. The second kappa shape index (κ2) is 6.77. The smallest absolute Gasteiger partial charge is 0.224 e. The molecule has 2 aromatic rings. The fourth-order valence-electron chi connectivity index (χ4n) is 2.59. The molecule has 1 amide bonds. The maximum atomic E-state index is 12.1. The molecule has 1 heterocycles. The molecule has 1 aromatic carbocycles. The van der Waals surface area contributed by atoms with E-state index >= 15 is 0 Å². The number of nitrogens with one attached hydrogen (secondary N) is 1. The quantitative estimate of drug-likeness (QED) is 0.914. The van der Waals surface area contributed by atoms with Gasteiger partial charge in [-0.25, -0.2) is 0 Å². The number of aromatic nitrogens is 2. The summed E-state index contributed by atoms with van der Waals surface area (Å²) in [4.78, 5) is 12.1. The Hall–Kier alpha value is -2.10. The van der Waals surface area contributed by atoms with Crippen LogP contribution in [0.3, 0.4) is 0 Å². The number of rotatable bonds is 5. The number of nitrogens with zero attached hydrogens (tertiary/aromatic N) is 2. The van der Waals surface area contributed by atoms with Crippen LogP contribution in [0.5, 0.6) is 0 Å². The fraction of sp³-hybridized carbons (Fsp3) is 0.444. The molecular formula is C18H25N3O. The number of hydrogen-bond donors (Lipinski definition) is 1. The molecule has 0 saturated heterocycles. The lowest BCUT2D eigenvalue weighted by molar-refractivity contribution is -0.116. The van der Waals surface area contributed by atoms with Crippen molar-refractivity contribution in [1.82, 2.24) is 9.78 Å². The normalized spacial score (nSPS) is 11.0. The summed E-state index contributed by atoms with van der Waals surface area (Å²) in [6, 6.07) is 8.06. The molecule has 2 rings (SSSR count). The lowest BCUT2D eigenvalue weighted by Gasteiger charge is -2.08. The standard InChI is InChI=1S/C18H25N3O/c1-12(2)15-6-8-16(9-7-15)19-18(22)11-10-17-13(3)20-21(5)14(17)4/h6-9,12H,10-11H2,1-5H3,(H,19,22). The van der Waals surface area contributed by atoms with Crippen molar-refractivity contribution in [3.8, 4) is 0 Å². The minimum absolute atomic E-state index is 0.0416. The van der Waals surface area contributed by atoms with Gasteiger partial charge in [0.25, 0.3) is 0 Å². The molecule has 0 bridgehead atoms. The van der Waals surface area contributed by atoms with Crippen LogP contribution >= 0.6 is 0 Å². The van der Waals surface area contributed by atoms with E-state index in [4.69, 9.17) is 0 Å². The molecular weight excluding hydrogens is 274 g/mol. The molecule has 22 heavy (non-hydrogen) atoms. The van der Waals surface area contributed by atoms with Crippen LogP contribution in [0.15, 0.2) is 24.3 Å². The van der Waals surface area contributed by atoms with E-state index in [0.717, 1.165) is 23.5 Å². The van der Waals surface area contributed by atoms with Gasteiger partial charge in [-0.3, -0.25) is 9.48 Å². The van der Waals surface area contributed by atoms with Crippen molar-refractivity contribution in [2.45, 2.75) is 46.5 Å². The second-order valence-corrected chi connectivity index (χ2v) is 6.10. The van der Waals surface area contributed by atoms with Gasteiger partial charge in [-0.1, -0.05) is 26.0 Å². The highest BCUT2D eigenvalue weighted by Gasteiger charge is 2.11. The van der Waals surface area contributed by atoms with Gasteiger partial charge in [0.15, 0.2) is 0 Å². The topological polar surface area (TPSA) is 46.9 Å². The van der Waals surface area contributed by atoms with Crippen LogP contribution in [0, 0.1) is 13.8 Å². The van der Waals surface area contributed by atoms with Gasteiger partial charge in [0.05, 0.1) is 5.69 Å². The molecule has 0 radical (unpaired) electrons. The summed E-state index contributed by atoms with van der Waals surface area (Å²) in [5.74, 6) is 0.543. The third-order valence-corrected chi connectivity index (χ3v) is 4.12. The number of anilines is 1. The van der Waals surface area contributed by atoms with Gasteiger partial charge in [-0.15, -0.1) is 0 Å². The Morgan fingerprint density at radius 2 is 1.86 bits per heavy atom. The van der Waals surface area contributed by atoms with Crippen LogP contribution in [0.1, 0.15) is 48.7 Å². The van der Waals surface area contributed by atoms with Gasteiger partial charge in [0, 0.05) is 24.8 Å². The van der Waals surface area contributed by atoms with Crippen molar-refractivity contribution >= 4 is 11.6 Å². The van der Waals surface area contributed by atoms with Crippen LogP contribution in [0.2, 0.25) is 0 Å². The molecule has 1 aromatic heterocycles. The van der Waals surface area contributed by atoms with Crippen LogP contribution in [0.25, 0.3) is 0 Å². The number of carbonyl (C=O) groups excluding carboxylic acids is 1. The summed E-state index contributed by atoms with van der Waals surface area (Å²) in [5.41, 5.74) is 5.45. The van der Waals surface area contributed by atoms with E-state index in [1.54, 1.807) is 0 Å².